The number of H-pyrrole nitrogens is 1. The largest absolute Gasteiger partial charge is 0.433 e. The average Bonchev–Trinajstić information content (AvgIpc) is 2.93. The van der Waals surface area contributed by atoms with E-state index in [0.29, 0.717) is 29.9 Å². The zero-order valence-corrected chi connectivity index (χ0v) is 22.5. The van der Waals surface area contributed by atoms with Crippen LogP contribution in [0.15, 0.2) is 71.7 Å². The Morgan fingerprint density at radius 1 is 0.878 bits per heavy atom. The highest BCUT2D eigenvalue weighted by atomic mass is 19.4. The zero-order chi connectivity index (χ0) is 29.4. The Morgan fingerprint density at radius 2 is 1.61 bits per heavy atom. The molecule has 4 aromatic heterocycles. The van der Waals surface area contributed by atoms with Gasteiger partial charge >= 0.3 is 6.18 Å². The number of aromatic nitrogens is 5. The first-order valence-electron chi connectivity index (χ1n) is 12.9. The third kappa shape index (κ3) is 6.09. The van der Waals surface area contributed by atoms with Crippen LogP contribution in [0.1, 0.15) is 36.6 Å². The predicted octanol–water partition coefficient (Wildman–Crippen LogP) is 5.65. The molecule has 0 bridgehead atoms. The molecular formula is C30H27F3N6O2. The van der Waals surface area contributed by atoms with Crippen molar-refractivity contribution >= 4 is 16.9 Å². The second-order valence-corrected chi connectivity index (χ2v) is 10.1. The SMILES string of the molecule is Cc1cc(-c2nc3c(=O)c(NCCc4cccc(C(C)(C)O)n4)c[nH]c3nc2-c2ccccc2)cc(C(F)(F)F)n1. The fourth-order valence-corrected chi connectivity index (χ4v) is 4.39. The van der Waals surface area contributed by atoms with Crippen molar-refractivity contribution in [1.29, 1.82) is 0 Å². The van der Waals surface area contributed by atoms with E-state index in [1.165, 1.54) is 19.2 Å². The van der Waals surface area contributed by atoms with Crippen LogP contribution in [0.5, 0.6) is 0 Å². The van der Waals surface area contributed by atoms with Crippen molar-refractivity contribution in [3.63, 3.8) is 0 Å². The average molecular weight is 561 g/mol. The number of hydrogen-bond donors (Lipinski definition) is 3. The number of nitrogens with zero attached hydrogens (tertiary/aromatic N) is 4. The second kappa shape index (κ2) is 10.7. The molecule has 0 aliphatic carbocycles. The number of halogens is 3. The fourth-order valence-electron chi connectivity index (χ4n) is 4.39. The van der Waals surface area contributed by atoms with Gasteiger partial charge in [0.15, 0.2) is 11.2 Å². The lowest BCUT2D eigenvalue weighted by Crippen LogP contribution is -2.19. The van der Waals surface area contributed by atoms with Crippen molar-refractivity contribution in [3.8, 4) is 22.5 Å². The van der Waals surface area contributed by atoms with Crippen LogP contribution in [0.2, 0.25) is 0 Å². The minimum absolute atomic E-state index is 0.0187. The Bertz CT molecular complexity index is 1780. The number of hydrogen-bond acceptors (Lipinski definition) is 7. The van der Waals surface area contributed by atoms with Gasteiger partial charge in [-0.2, -0.15) is 13.2 Å². The Balaban J connectivity index is 1.54. The van der Waals surface area contributed by atoms with Gasteiger partial charge in [0, 0.05) is 41.7 Å². The van der Waals surface area contributed by atoms with Crippen LogP contribution in [0.25, 0.3) is 33.7 Å². The van der Waals surface area contributed by atoms with Crippen molar-refractivity contribution in [2.24, 2.45) is 0 Å². The number of benzene rings is 1. The predicted molar refractivity (Wildman–Crippen MR) is 150 cm³/mol. The molecule has 0 radical (unpaired) electrons. The number of aliphatic hydroxyl groups is 1. The highest BCUT2D eigenvalue weighted by Crippen LogP contribution is 2.34. The molecule has 0 aliphatic heterocycles. The Kier molecular flexibility index (Phi) is 7.31. The molecule has 5 aromatic rings. The monoisotopic (exact) mass is 560 g/mol. The molecule has 1 aromatic carbocycles. The van der Waals surface area contributed by atoms with Crippen LogP contribution in [0.3, 0.4) is 0 Å². The molecule has 0 unspecified atom stereocenters. The zero-order valence-electron chi connectivity index (χ0n) is 22.5. The molecule has 3 N–H and O–H groups in total. The molecule has 0 spiro atoms. The molecule has 0 aliphatic rings. The van der Waals surface area contributed by atoms with Crippen molar-refractivity contribution in [2.75, 3.05) is 11.9 Å². The van der Waals surface area contributed by atoms with Crippen LogP contribution in [0.4, 0.5) is 18.9 Å². The molecule has 5 rings (SSSR count). The minimum atomic E-state index is -4.66. The number of anilines is 1. The lowest BCUT2D eigenvalue weighted by molar-refractivity contribution is -0.141. The highest BCUT2D eigenvalue weighted by Gasteiger charge is 2.33. The summed E-state index contributed by atoms with van der Waals surface area (Å²) in [6.07, 6.45) is -2.69. The fraction of sp³-hybridized carbons (Fsp3) is 0.233. The number of nitrogens with one attached hydrogen (secondary N) is 2. The van der Waals surface area contributed by atoms with Gasteiger partial charge in [-0.1, -0.05) is 36.4 Å². The molecule has 0 saturated heterocycles. The van der Waals surface area contributed by atoms with Crippen LogP contribution in [-0.2, 0) is 18.2 Å². The van der Waals surface area contributed by atoms with E-state index < -0.39 is 22.9 Å². The van der Waals surface area contributed by atoms with E-state index in [4.69, 9.17) is 0 Å². The summed E-state index contributed by atoms with van der Waals surface area (Å²) in [6.45, 7) is 5.14. The van der Waals surface area contributed by atoms with E-state index in [-0.39, 0.29) is 33.8 Å². The normalized spacial score (nSPS) is 12.1. The third-order valence-corrected chi connectivity index (χ3v) is 6.40. The Labute approximate surface area is 233 Å². The number of alkyl halides is 3. The smallest absolute Gasteiger partial charge is 0.384 e. The first-order chi connectivity index (χ1) is 19.4. The van der Waals surface area contributed by atoms with E-state index in [0.717, 1.165) is 11.8 Å². The van der Waals surface area contributed by atoms with Crippen LogP contribution in [-0.4, -0.2) is 36.6 Å². The maximum Gasteiger partial charge on any atom is 0.433 e. The molecule has 210 valence electrons. The van der Waals surface area contributed by atoms with Gasteiger partial charge in [0.2, 0.25) is 5.43 Å². The summed E-state index contributed by atoms with van der Waals surface area (Å²) in [4.78, 5) is 33.8. The minimum Gasteiger partial charge on any atom is -0.384 e. The molecule has 0 saturated carbocycles. The van der Waals surface area contributed by atoms with Gasteiger partial charge in [-0.25, -0.2) is 15.0 Å². The van der Waals surface area contributed by atoms with Gasteiger partial charge in [-0.15, -0.1) is 0 Å². The molecule has 11 heteroatoms. The lowest BCUT2D eigenvalue weighted by atomic mass is 10.0. The molecule has 8 nitrogen and oxygen atoms in total. The molecule has 4 heterocycles. The Hall–Kier alpha value is -4.64. The van der Waals surface area contributed by atoms with Crippen LogP contribution < -0.4 is 10.7 Å². The Morgan fingerprint density at radius 3 is 2.32 bits per heavy atom. The van der Waals surface area contributed by atoms with Crippen LogP contribution in [0, 0.1) is 6.92 Å². The molecule has 0 amide bonds. The summed E-state index contributed by atoms with van der Waals surface area (Å²) in [6, 6.07) is 16.7. The number of aromatic amines is 1. The standard InChI is InChI=1S/C30H27F3N6O2/c1-17-14-19(15-23(36-17)30(31,32)33)25-24(18-8-5-4-6-9-18)39-28-26(38-25)27(40)21(16-35-28)34-13-12-20-10-7-11-22(37-20)29(2,3)41/h4-11,14-16,34,41H,12-13H2,1-3H3,(H,35,39,40). The van der Waals surface area contributed by atoms with Gasteiger partial charge < -0.3 is 15.4 Å². The summed E-state index contributed by atoms with van der Waals surface area (Å²) in [5.74, 6) is 0. The van der Waals surface area contributed by atoms with Crippen molar-refractivity contribution in [3.05, 3.63) is 99.9 Å². The third-order valence-electron chi connectivity index (χ3n) is 6.40. The molecule has 0 atom stereocenters. The molecule has 0 fully saturated rings. The summed E-state index contributed by atoms with van der Waals surface area (Å²) >= 11 is 0. The molecule has 41 heavy (non-hydrogen) atoms. The van der Waals surface area contributed by atoms with E-state index >= 15 is 0 Å². The van der Waals surface area contributed by atoms with Gasteiger partial charge in [-0.3, -0.25) is 9.78 Å². The summed E-state index contributed by atoms with van der Waals surface area (Å²) in [5.41, 5.74) is 0.480. The van der Waals surface area contributed by atoms with Crippen molar-refractivity contribution in [1.82, 2.24) is 24.9 Å². The quantitative estimate of drug-likeness (QED) is 0.236. The van der Waals surface area contributed by atoms with E-state index in [2.05, 4.69) is 30.2 Å². The van der Waals surface area contributed by atoms with Gasteiger partial charge in [-0.05, 0) is 45.0 Å². The maximum atomic E-state index is 13.6. The second-order valence-electron chi connectivity index (χ2n) is 10.1. The van der Waals surface area contributed by atoms with E-state index in [9.17, 15) is 23.1 Å². The van der Waals surface area contributed by atoms with Gasteiger partial charge in [0.05, 0.1) is 17.1 Å². The summed E-state index contributed by atoms with van der Waals surface area (Å²) in [5, 5.41) is 13.3. The van der Waals surface area contributed by atoms with Crippen molar-refractivity contribution < 1.29 is 18.3 Å². The first kappa shape index (κ1) is 27.9. The van der Waals surface area contributed by atoms with Crippen molar-refractivity contribution in [2.45, 2.75) is 39.0 Å². The highest BCUT2D eigenvalue weighted by molar-refractivity contribution is 5.85. The maximum absolute atomic E-state index is 13.6. The molecular weight excluding hydrogens is 533 g/mol. The summed E-state index contributed by atoms with van der Waals surface area (Å²) in [7, 11) is 0. The number of aryl methyl sites for hydroxylation is 1. The van der Waals surface area contributed by atoms with Crippen LogP contribution >= 0.6 is 0 Å². The van der Waals surface area contributed by atoms with E-state index in [1.54, 1.807) is 44.2 Å². The first-order valence-corrected chi connectivity index (χ1v) is 12.9. The summed E-state index contributed by atoms with van der Waals surface area (Å²) < 4.78 is 40.8. The number of pyridine rings is 3. The number of fused-ring (bicyclic) bond motifs is 1. The lowest BCUT2D eigenvalue weighted by Gasteiger charge is -2.17. The topological polar surface area (TPSA) is 117 Å². The van der Waals surface area contributed by atoms with Gasteiger partial charge in [0.25, 0.3) is 0 Å². The van der Waals surface area contributed by atoms with Gasteiger partial charge in [0.1, 0.15) is 17.0 Å². The number of rotatable bonds is 7. The van der Waals surface area contributed by atoms with E-state index in [1.807, 2.05) is 18.2 Å².